The molecule has 0 amide bonds. The van der Waals surface area contributed by atoms with Crippen molar-refractivity contribution < 1.29 is 4.39 Å². The van der Waals surface area contributed by atoms with Crippen molar-refractivity contribution in [1.82, 2.24) is 15.1 Å². The van der Waals surface area contributed by atoms with Gasteiger partial charge in [0.1, 0.15) is 0 Å². The Bertz CT molecular complexity index is 237. The third-order valence-corrected chi connectivity index (χ3v) is 1.50. The number of hydrogen-bond donors (Lipinski definition) is 1. The van der Waals surface area contributed by atoms with E-state index in [-0.39, 0.29) is 18.4 Å². The molecule has 3 nitrogen and oxygen atoms in total. The van der Waals surface area contributed by atoms with Crippen molar-refractivity contribution in [3.8, 4) is 0 Å². The predicted molar refractivity (Wildman–Crippen MR) is 47.8 cm³/mol. The molecule has 0 bridgehead atoms. The first kappa shape index (κ1) is 11.4. The first-order valence-corrected chi connectivity index (χ1v) is 3.62. The van der Waals surface area contributed by atoms with Gasteiger partial charge in [-0.2, -0.15) is 9.49 Å². The van der Waals surface area contributed by atoms with Crippen molar-refractivity contribution in [2.45, 2.75) is 13.5 Å². The summed E-state index contributed by atoms with van der Waals surface area (Å²) in [5.74, 6) is -0.258. The number of aryl methyl sites for hydroxylation is 1. The molecule has 0 aliphatic heterocycles. The van der Waals surface area contributed by atoms with Crippen molar-refractivity contribution >= 4 is 12.4 Å². The minimum absolute atomic E-state index is 0. The van der Waals surface area contributed by atoms with Crippen LogP contribution in [0.5, 0.6) is 0 Å². The summed E-state index contributed by atoms with van der Waals surface area (Å²) in [6, 6.07) is 0. The number of nitrogens with zero attached hydrogens (tertiary/aromatic N) is 2. The van der Waals surface area contributed by atoms with Crippen LogP contribution >= 0.6 is 12.4 Å². The lowest BCUT2D eigenvalue weighted by molar-refractivity contribution is 0.491. The second kappa shape index (κ2) is 5.11. The van der Waals surface area contributed by atoms with Gasteiger partial charge in [0, 0.05) is 19.2 Å². The largest absolute Gasteiger partial charge is 0.313 e. The molecule has 0 aliphatic rings. The topological polar surface area (TPSA) is 29.9 Å². The summed E-state index contributed by atoms with van der Waals surface area (Å²) in [7, 11) is 1.59. The molecule has 1 N–H and O–H groups in total. The highest BCUT2D eigenvalue weighted by molar-refractivity contribution is 5.85. The van der Waals surface area contributed by atoms with Gasteiger partial charge in [0.2, 0.25) is 5.95 Å². The van der Waals surface area contributed by atoms with Gasteiger partial charge in [0.15, 0.2) is 0 Å². The average molecular weight is 194 g/mol. The minimum Gasteiger partial charge on any atom is -0.313 e. The van der Waals surface area contributed by atoms with E-state index in [9.17, 15) is 4.39 Å². The van der Waals surface area contributed by atoms with Crippen molar-refractivity contribution in [1.29, 1.82) is 0 Å². The van der Waals surface area contributed by atoms with Gasteiger partial charge in [-0.15, -0.1) is 12.4 Å². The Morgan fingerprint density at radius 2 is 2.33 bits per heavy atom. The summed E-state index contributed by atoms with van der Waals surface area (Å²) in [6.07, 6.45) is 1.54. The smallest absolute Gasteiger partial charge is 0.215 e. The lowest BCUT2D eigenvalue weighted by atomic mass is 10.3. The maximum atomic E-state index is 12.9. The molecule has 1 heterocycles. The van der Waals surface area contributed by atoms with E-state index in [0.717, 1.165) is 6.54 Å². The maximum absolute atomic E-state index is 12.9. The lowest BCUT2D eigenvalue weighted by Crippen LogP contribution is -2.12. The van der Waals surface area contributed by atoms with Crippen molar-refractivity contribution in [2.75, 3.05) is 6.54 Å². The first-order valence-electron chi connectivity index (χ1n) is 3.62. The Morgan fingerprint density at radius 3 is 2.75 bits per heavy atom. The van der Waals surface area contributed by atoms with Crippen LogP contribution in [0.25, 0.3) is 0 Å². The summed E-state index contributed by atoms with van der Waals surface area (Å²) >= 11 is 0. The molecule has 0 spiro atoms. The highest BCUT2D eigenvalue weighted by atomic mass is 35.5. The van der Waals surface area contributed by atoms with Gasteiger partial charge in [-0.3, -0.25) is 0 Å². The van der Waals surface area contributed by atoms with Gasteiger partial charge in [-0.05, 0) is 6.54 Å². The van der Waals surface area contributed by atoms with Crippen LogP contribution in [-0.4, -0.2) is 16.3 Å². The number of nitrogens with one attached hydrogen (secondary N) is 1. The van der Waals surface area contributed by atoms with Crippen LogP contribution in [0.3, 0.4) is 0 Å². The summed E-state index contributed by atoms with van der Waals surface area (Å²) in [5.41, 5.74) is 0.620. The highest BCUT2D eigenvalue weighted by Crippen LogP contribution is 2.03. The summed E-state index contributed by atoms with van der Waals surface area (Å²) in [6.45, 7) is 3.37. The summed E-state index contributed by atoms with van der Waals surface area (Å²) in [5, 5.41) is 6.80. The van der Waals surface area contributed by atoms with Crippen LogP contribution in [0.15, 0.2) is 6.20 Å². The van der Waals surface area contributed by atoms with Crippen LogP contribution in [-0.2, 0) is 13.6 Å². The van der Waals surface area contributed by atoms with E-state index in [4.69, 9.17) is 0 Å². The van der Waals surface area contributed by atoms with Crippen LogP contribution < -0.4 is 5.32 Å². The van der Waals surface area contributed by atoms with Crippen molar-refractivity contribution in [3.63, 3.8) is 0 Å². The van der Waals surface area contributed by atoms with E-state index in [2.05, 4.69) is 10.4 Å². The Morgan fingerprint density at radius 1 is 1.67 bits per heavy atom. The molecule has 0 aliphatic carbocycles. The van der Waals surface area contributed by atoms with E-state index in [0.29, 0.717) is 12.1 Å². The maximum Gasteiger partial charge on any atom is 0.215 e. The van der Waals surface area contributed by atoms with E-state index >= 15 is 0 Å². The number of halogens is 2. The summed E-state index contributed by atoms with van der Waals surface area (Å²) < 4.78 is 14.2. The van der Waals surface area contributed by atoms with E-state index < -0.39 is 0 Å². The quantitative estimate of drug-likeness (QED) is 0.779. The molecule has 0 radical (unpaired) electrons. The SMILES string of the molecule is CCNCc1cnn(C)c1F.Cl. The fourth-order valence-electron chi connectivity index (χ4n) is 0.846. The Hall–Kier alpha value is -0.610. The molecule has 0 unspecified atom stereocenters. The molecule has 0 aromatic carbocycles. The van der Waals surface area contributed by atoms with E-state index in [1.807, 2.05) is 6.92 Å². The Kier molecular flexibility index (Phi) is 4.85. The van der Waals surface area contributed by atoms with Crippen LogP contribution in [0.2, 0.25) is 0 Å². The van der Waals surface area contributed by atoms with Crippen LogP contribution in [0, 0.1) is 5.95 Å². The normalized spacial score (nSPS) is 9.58. The van der Waals surface area contributed by atoms with Gasteiger partial charge >= 0.3 is 0 Å². The molecule has 70 valence electrons. The standard InChI is InChI=1S/C7H12FN3.ClH/c1-3-9-4-6-5-10-11(2)7(6)8;/h5,9H,3-4H2,1-2H3;1H. The molecule has 1 aromatic rings. The second-order valence-corrected chi connectivity index (χ2v) is 2.36. The molecule has 0 saturated heterocycles. The molecule has 0 atom stereocenters. The lowest BCUT2D eigenvalue weighted by Gasteiger charge is -1.97. The average Bonchev–Trinajstić information content (AvgIpc) is 2.31. The second-order valence-electron chi connectivity index (χ2n) is 2.36. The van der Waals surface area contributed by atoms with Gasteiger partial charge in [-0.25, -0.2) is 4.68 Å². The number of hydrogen-bond acceptors (Lipinski definition) is 2. The molecule has 0 fully saturated rings. The molecular formula is C7H13ClFN3. The Labute approximate surface area is 77.4 Å². The Balaban J connectivity index is 0.00000121. The zero-order chi connectivity index (χ0) is 8.27. The molecule has 1 rings (SSSR count). The fourth-order valence-corrected chi connectivity index (χ4v) is 0.846. The van der Waals surface area contributed by atoms with Crippen molar-refractivity contribution in [3.05, 3.63) is 17.7 Å². The molecule has 12 heavy (non-hydrogen) atoms. The van der Waals surface area contributed by atoms with Crippen LogP contribution in [0.4, 0.5) is 4.39 Å². The van der Waals surface area contributed by atoms with Gasteiger partial charge < -0.3 is 5.32 Å². The minimum atomic E-state index is -0.258. The van der Waals surface area contributed by atoms with E-state index in [1.165, 1.54) is 10.9 Å². The number of rotatable bonds is 3. The van der Waals surface area contributed by atoms with E-state index in [1.54, 1.807) is 7.05 Å². The van der Waals surface area contributed by atoms with Gasteiger partial charge in [0.05, 0.1) is 6.20 Å². The third-order valence-electron chi connectivity index (χ3n) is 1.50. The fraction of sp³-hybridized carbons (Fsp3) is 0.571. The molecule has 0 saturated carbocycles. The first-order chi connectivity index (χ1) is 5.25. The molecule has 5 heteroatoms. The highest BCUT2D eigenvalue weighted by Gasteiger charge is 2.05. The number of aromatic nitrogens is 2. The van der Waals surface area contributed by atoms with Crippen LogP contribution in [0.1, 0.15) is 12.5 Å². The molecular weight excluding hydrogens is 181 g/mol. The monoisotopic (exact) mass is 193 g/mol. The van der Waals surface area contributed by atoms with Crippen molar-refractivity contribution in [2.24, 2.45) is 7.05 Å². The van der Waals surface area contributed by atoms with Gasteiger partial charge in [0.25, 0.3) is 0 Å². The van der Waals surface area contributed by atoms with Gasteiger partial charge in [-0.1, -0.05) is 6.92 Å². The zero-order valence-corrected chi connectivity index (χ0v) is 7.99. The summed E-state index contributed by atoms with van der Waals surface area (Å²) in [4.78, 5) is 0. The zero-order valence-electron chi connectivity index (χ0n) is 7.17. The molecule has 1 aromatic heterocycles. The predicted octanol–water partition coefficient (Wildman–Crippen LogP) is 1.09. The third kappa shape index (κ3) is 2.46.